The van der Waals surface area contributed by atoms with Gasteiger partial charge in [0.15, 0.2) is 5.03 Å². The van der Waals surface area contributed by atoms with E-state index in [1.165, 1.54) is 13.2 Å². The summed E-state index contributed by atoms with van der Waals surface area (Å²) in [7, 11) is -3.32. The van der Waals surface area contributed by atoms with E-state index in [0.717, 1.165) is 4.68 Å². The first-order valence-corrected chi connectivity index (χ1v) is 4.72. The number of halogens is 2. The molecule has 0 aliphatic carbocycles. The van der Waals surface area contributed by atoms with Gasteiger partial charge in [0.1, 0.15) is 0 Å². The predicted octanol–water partition coefficient (Wildman–Crippen LogP) is 0.841. The maximum absolute atomic E-state index is 12.4. The van der Waals surface area contributed by atoms with Crippen LogP contribution in [0.25, 0.3) is 0 Å². The van der Waals surface area contributed by atoms with Crippen molar-refractivity contribution >= 4 is 26.2 Å². The topological polar surface area (TPSA) is 52.0 Å². The first-order valence-electron chi connectivity index (χ1n) is 2.55. The number of aryl methyl sites for hydroxylation is 1. The zero-order valence-electron chi connectivity index (χ0n) is 5.45. The molecule has 0 unspecified atom stereocenters. The van der Waals surface area contributed by atoms with Crippen LogP contribution in [0.2, 0.25) is 0 Å². The van der Waals surface area contributed by atoms with E-state index in [4.69, 9.17) is 0 Å². The molecule has 0 atom stereocenters. The van der Waals surface area contributed by atoms with Crippen molar-refractivity contribution in [3.63, 3.8) is 0 Å². The average molecular weight is 243 g/mol. The minimum atomic E-state index is -4.67. The number of rotatable bonds is 1. The maximum Gasteiger partial charge on any atom is 0.350 e. The lowest BCUT2D eigenvalue weighted by molar-refractivity contribution is 0.533. The van der Waals surface area contributed by atoms with Gasteiger partial charge in [-0.1, -0.05) is 3.89 Å². The van der Waals surface area contributed by atoms with Gasteiger partial charge in [0.25, 0.3) is 0 Å². The Labute approximate surface area is 71.4 Å². The third kappa shape index (κ3) is 1.59. The van der Waals surface area contributed by atoms with E-state index < -0.39 is 15.2 Å². The first kappa shape index (κ1) is 8.66. The van der Waals surface area contributed by atoms with Crippen molar-refractivity contribution in [1.29, 1.82) is 0 Å². The molecule has 0 saturated heterocycles. The molecule has 1 rings (SSSR count). The van der Waals surface area contributed by atoms with E-state index in [-0.39, 0.29) is 4.47 Å². The molecule has 0 radical (unpaired) electrons. The zero-order valence-corrected chi connectivity index (χ0v) is 7.85. The Morgan fingerprint density at radius 1 is 1.73 bits per heavy atom. The summed E-state index contributed by atoms with van der Waals surface area (Å²) in [5.74, 6) is 0. The smallest absolute Gasteiger partial charge is 0.254 e. The van der Waals surface area contributed by atoms with Crippen molar-refractivity contribution in [3.05, 3.63) is 10.7 Å². The van der Waals surface area contributed by atoms with Gasteiger partial charge in [-0.15, -0.1) is 0 Å². The molecule has 0 aromatic carbocycles. The molecular weight excluding hydrogens is 239 g/mol. The molecule has 0 bridgehead atoms. The Hall–Kier alpha value is -0.430. The Morgan fingerprint density at radius 3 is 2.45 bits per heavy atom. The number of aromatic nitrogens is 2. The minimum Gasteiger partial charge on any atom is -0.254 e. The summed E-state index contributed by atoms with van der Waals surface area (Å²) in [4.78, 5) is 0. The van der Waals surface area contributed by atoms with Gasteiger partial charge in [0.05, 0.1) is 10.7 Å². The monoisotopic (exact) mass is 242 g/mol. The summed E-state index contributed by atoms with van der Waals surface area (Å²) >= 11 is 2.85. The van der Waals surface area contributed by atoms with Crippen LogP contribution in [-0.2, 0) is 17.3 Å². The Kier molecular flexibility index (Phi) is 2.02. The van der Waals surface area contributed by atoms with E-state index >= 15 is 0 Å². The fourth-order valence-electron chi connectivity index (χ4n) is 0.674. The van der Waals surface area contributed by atoms with Crippen LogP contribution >= 0.6 is 15.9 Å². The second-order valence-electron chi connectivity index (χ2n) is 1.86. The van der Waals surface area contributed by atoms with E-state index in [0.29, 0.717) is 0 Å². The molecule has 0 amide bonds. The van der Waals surface area contributed by atoms with Crippen molar-refractivity contribution < 1.29 is 12.3 Å². The van der Waals surface area contributed by atoms with Crippen LogP contribution in [0.4, 0.5) is 3.89 Å². The summed E-state index contributed by atoms with van der Waals surface area (Å²) in [6, 6.07) is 0. The van der Waals surface area contributed by atoms with Gasteiger partial charge < -0.3 is 0 Å². The van der Waals surface area contributed by atoms with Gasteiger partial charge in [0.2, 0.25) is 0 Å². The molecule has 1 aromatic heterocycles. The number of nitrogens with zero attached hydrogens (tertiary/aromatic N) is 2. The fraction of sp³-hybridized carbons (Fsp3) is 0.250. The molecule has 1 aromatic rings. The molecule has 0 saturated carbocycles. The Balaban J connectivity index is 3.45. The first-order chi connectivity index (χ1) is 4.93. The number of hydrogen-bond donors (Lipinski definition) is 0. The van der Waals surface area contributed by atoms with E-state index in [1.807, 2.05) is 0 Å². The lowest BCUT2D eigenvalue weighted by Crippen LogP contribution is -2.02. The second kappa shape index (κ2) is 2.56. The van der Waals surface area contributed by atoms with E-state index in [9.17, 15) is 12.3 Å². The van der Waals surface area contributed by atoms with Crippen LogP contribution in [0.5, 0.6) is 0 Å². The van der Waals surface area contributed by atoms with Gasteiger partial charge in [-0.05, 0) is 15.9 Å². The van der Waals surface area contributed by atoms with Crippen molar-refractivity contribution in [2.24, 2.45) is 7.05 Å². The van der Waals surface area contributed by atoms with Gasteiger partial charge in [-0.25, -0.2) is 0 Å². The molecule has 7 heteroatoms. The van der Waals surface area contributed by atoms with Gasteiger partial charge in [0, 0.05) is 7.05 Å². The normalized spacial score (nSPS) is 11.9. The standard InChI is InChI=1S/C4H4BrFN2O2S/c1-8-4(11(6,9)10)3(5)2-7-8/h2H,1H3. The van der Waals surface area contributed by atoms with Crippen molar-refractivity contribution in [1.82, 2.24) is 9.78 Å². The van der Waals surface area contributed by atoms with Gasteiger partial charge in [-0.3, -0.25) is 4.68 Å². The average Bonchev–Trinajstić information content (AvgIpc) is 2.08. The summed E-state index contributed by atoms with van der Waals surface area (Å²) in [6.07, 6.45) is 1.21. The summed E-state index contributed by atoms with van der Waals surface area (Å²) in [5.41, 5.74) is 0. The highest BCUT2D eigenvalue weighted by Gasteiger charge is 2.20. The SMILES string of the molecule is Cn1ncc(Br)c1S(=O)(=O)F. The molecule has 62 valence electrons. The fourth-order valence-corrected chi connectivity index (χ4v) is 2.25. The summed E-state index contributed by atoms with van der Waals surface area (Å²) < 4.78 is 34.2. The van der Waals surface area contributed by atoms with Crippen LogP contribution in [0, 0.1) is 0 Å². The predicted molar refractivity (Wildman–Crippen MR) is 39.2 cm³/mol. The molecule has 0 aliphatic rings. The van der Waals surface area contributed by atoms with Crippen LogP contribution in [0.1, 0.15) is 0 Å². The summed E-state index contributed by atoms with van der Waals surface area (Å²) in [6.45, 7) is 0. The molecule has 11 heavy (non-hydrogen) atoms. The van der Waals surface area contributed by atoms with Crippen molar-refractivity contribution in [2.45, 2.75) is 5.03 Å². The zero-order chi connectivity index (χ0) is 8.65. The number of hydrogen-bond acceptors (Lipinski definition) is 3. The largest absolute Gasteiger partial charge is 0.350 e. The molecular formula is C4H4BrFN2O2S. The van der Waals surface area contributed by atoms with Crippen molar-refractivity contribution in [2.75, 3.05) is 0 Å². The lowest BCUT2D eigenvalue weighted by Gasteiger charge is -1.94. The molecule has 0 N–H and O–H groups in total. The molecule has 1 heterocycles. The van der Waals surface area contributed by atoms with Crippen LogP contribution in [0.3, 0.4) is 0 Å². The third-order valence-electron chi connectivity index (χ3n) is 1.07. The van der Waals surface area contributed by atoms with Crippen LogP contribution in [0.15, 0.2) is 15.7 Å². The Morgan fingerprint density at radius 2 is 2.27 bits per heavy atom. The molecule has 0 fully saturated rings. The third-order valence-corrected chi connectivity index (χ3v) is 2.86. The second-order valence-corrected chi connectivity index (χ2v) is 3.98. The molecule has 0 spiro atoms. The highest BCUT2D eigenvalue weighted by Crippen LogP contribution is 2.21. The van der Waals surface area contributed by atoms with Crippen LogP contribution in [-0.4, -0.2) is 18.2 Å². The maximum atomic E-state index is 12.4. The van der Waals surface area contributed by atoms with E-state index in [1.54, 1.807) is 0 Å². The van der Waals surface area contributed by atoms with Gasteiger partial charge in [-0.2, -0.15) is 13.5 Å². The van der Waals surface area contributed by atoms with Gasteiger partial charge >= 0.3 is 10.2 Å². The highest BCUT2D eigenvalue weighted by atomic mass is 79.9. The molecule has 4 nitrogen and oxygen atoms in total. The lowest BCUT2D eigenvalue weighted by atomic mass is 10.7. The minimum absolute atomic E-state index is 0.127. The molecule has 0 aliphatic heterocycles. The quantitative estimate of drug-likeness (QED) is 0.687. The highest BCUT2D eigenvalue weighted by molar-refractivity contribution is 9.10. The Bertz CT molecular complexity index is 352. The summed E-state index contributed by atoms with van der Waals surface area (Å²) in [5, 5.41) is 3.07. The van der Waals surface area contributed by atoms with Crippen LogP contribution < -0.4 is 0 Å². The van der Waals surface area contributed by atoms with E-state index in [2.05, 4.69) is 21.0 Å². The van der Waals surface area contributed by atoms with Crippen molar-refractivity contribution in [3.8, 4) is 0 Å².